The summed E-state index contributed by atoms with van der Waals surface area (Å²) in [6, 6.07) is 9.55. The molecule has 0 radical (unpaired) electrons. The smallest absolute Gasteiger partial charge is 0.0366 e. The highest BCUT2D eigenvalue weighted by molar-refractivity contribution is 5.50. The molecule has 1 aliphatic heterocycles. The van der Waals surface area contributed by atoms with Gasteiger partial charge in [0, 0.05) is 31.4 Å². The summed E-state index contributed by atoms with van der Waals surface area (Å²) in [5.74, 6) is 0.829. The monoisotopic (exact) mass is 260 g/mol. The summed E-state index contributed by atoms with van der Waals surface area (Å²) in [6.07, 6.45) is 0. The van der Waals surface area contributed by atoms with E-state index in [4.69, 9.17) is 0 Å². The highest BCUT2D eigenvalue weighted by Gasteiger charge is 2.35. The number of nitrogens with zero attached hydrogens (tertiary/aromatic N) is 1. The predicted octanol–water partition coefficient (Wildman–Crippen LogP) is 3.67. The Kier molecular flexibility index (Phi) is 4.19. The molecule has 0 amide bonds. The zero-order chi connectivity index (χ0) is 14.0. The molecule has 0 spiro atoms. The molecule has 2 rings (SSSR count). The molecule has 1 saturated heterocycles. The topological polar surface area (TPSA) is 15.3 Å². The fraction of sp³-hybridized carbons (Fsp3) is 0.647. The summed E-state index contributed by atoms with van der Waals surface area (Å²) in [7, 11) is 0. The largest absolute Gasteiger partial charge is 0.371 e. The third-order valence-electron chi connectivity index (χ3n) is 4.12. The molecule has 2 heteroatoms. The first-order valence-electron chi connectivity index (χ1n) is 7.43. The van der Waals surface area contributed by atoms with Gasteiger partial charge < -0.3 is 10.2 Å². The van der Waals surface area contributed by atoms with E-state index in [0.29, 0.717) is 11.5 Å². The molecule has 0 atom stereocenters. The standard InChI is InChI=1S/C17H28N2/c1-13(2)18-10-14-6-8-16(9-7-14)19-11-15(12-19)17(3,4)5/h6-9,13,15,18H,10-12H2,1-5H3. The van der Waals surface area contributed by atoms with Gasteiger partial charge in [0.2, 0.25) is 0 Å². The fourth-order valence-electron chi connectivity index (χ4n) is 2.38. The second-order valence-electron chi connectivity index (χ2n) is 7.17. The lowest BCUT2D eigenvalue weighted by molar-refractivity contribution is 0.195. The molecule has 1 aromatic carbocycles. The van der Waals surface area contributed by atoms with Crippen LogP contribution >= 0.6 is 0 Å². The van der Waals surface area contributed by atoms with E-state index in [9.17, 15) is 0 Å². The third-order valence-corrected chi connectivity index (χ3v) is 4.12. The van der Waals surface area contributed by atoms with Crippen LogP contribution in [0.4, 0.5) is 5.69 Å². The van der Waals surface area contributed by atoms with Crippen LogP contribution in [-0.4, -0.2) is 19.1 Å². The van der Waals surface area contributed by atoms with Gasteiger partial charge in [-0.3, -0.25) is 0 Å². The quantitative estimate of drug-likeness (QED) is 0.888. The maximum atomic E-state index is 3.45. The summed E-state index contributed by atoms with van der Waals surface area (Å²) in [5.41, 5.74) is 3.18. The van der Waals surface area contributed by atoms with E-state index in [-0.39, 0.29) is 0 Å². The molecule has 106 valence electrons. The molecule has 0 saturated carbocycles. The molecule has 1 aliphatic rings. The van der Waals surface area contributed by atoms with Crippen LogP contribution in [-0.2, 0) is 6.54 Å². The molecule has 0 aromatic heterocycles. The van der Waals surface area contributed by atoms with E-state index >= 15 is 0 Å². The van der Waals surface area contributed by atoms with Gasteiger partial charge in [-0.2, -0.15) is 0 Å². The Morgan fingerprint density at radius 3 is 2.21 bits per heavy atom. The van der Waals surface area contributed by atoms with Gasteiger partial charge in [-0.15, -0.1) is 0 Å². The molecule has 1 aromatic rings. The number of nitrogens with one attached hydrogen (secondary N) is 1. The van der Waals surface area contributed by atoms with Crippen molar-refractivity contribution < 1.29 is 0 Å². The lowest BCUT2D eigenvalue weighted by atomic mass is 9.76. The summed E-state index contributed by atoms with van der Waals surface area (Å²) in [4.78, 5) is 2.48. The van der Waals surface area contributed by atoms with Crippen molar-refractivity contribution in [2.75, 3.05) is 18.0 Å². The van der Waals surface area contributed by atoms with E-state index < -0.39 is 0 Å². The normalized spacial score (nSPS) is 16.8. The van der Waals surface area contributed by atoms with Crippen LogP contribution in [0.5, 0.6) is 0 Å². The minimum atomic E-state index is 0.442. The van der Waals surface area contributed by atoms with Gasteiger partial charge in [-0.05, 0) is 29.0 Å². The van der Waals surface area contributed by atoms with Crippen molar-refractivity contribution in [3.8, 4) is 0 Å². The van der Waals surface area contributed by atoms with Gasteiger partial charge in [0.15, 0.2) is 0 Å². The fourth-order valence-corrected chi connectivity index (χ4v) is 2.38. The van der Waals surface area contributed by atoms with Crippen LogP contribution < -0.4 is 10.2 Å². The van der Waals surface area contributed by atoms with Gasteiger partial charge in [0.1, 0.15) is 0 Å². The highest BCUT2D eigenvalue weighted by atomic mass is 15.2. The summed E-state index contributed by atoms with van der Waals surface area (Å²) >= 11 is 0. The average molecular weight is 260 g/mol. The van der Waals surface area contributed by atoms with Crippen molar-refractivity contribution in [1.82, 2.24) is 5.32 Å². The van der Waals surface area contributed by atoms with Gasteiger partial charge in [0.05, 0.1) is 0 Å². The first-order chi connectivity index (χ1) is 8.86. The van der Waals surface area contributed by atoms with E-state index in [1.54, 1.807) is 0 Å². The van der Waals surface area contributed by atoms with Gasteiger partial charge in [0.25, 0.3) is 0 Å². The Morgan fingerprint density at radius 1 is 1.16 bits per heavy atom. The molecule has 1 N–H and O–H groups in total. The maximum absolute atomic E-state index is 3.45. The third kappa shape index (κ3) is 3.73. The molecular weight excluding hydrogens is 232 g/mol. The maximum Gasteiger partial charge on any atom is 0.0366 e. The lowest BCUT2D eigenvalue weighted by Crippen LogP contribution is -2.52. The van der Waals surface area contributed by atoms with E-state index in [1.807, 2.05) is 0 Å². The second-order valence-corrected chi connectivity index (χ2v) is 7.17. The number of benzene rings is 1. The van der Waals surface area contributed by atoms with Crippen molar-refractivity contribution in [3.63, 3.8) is 0 Å². The van der Waals surface area contributed by atoms with Gasteiger partial charge in [-0.25, -0.2) is 0 Å². The first-order valence-corrected chi connectivity index (χ1v) is 7.43. The summed E-state index contributed by atoms with van der Waals surface area (Å²) in [5, 5.41) is 3.45. The number of anilines is 1. The van der Waals surface area contributed by atoms with Crippen molar-refractivity contribution in [3.05, 3.63) is 29.8 Å². The van der Waals surface area contributed by atoms with Crippen molar-refractivity contribution in [2.45, 2.75) is 47.2 Å². The number of hydrogen-bond acceptors (Lipinski definition) is 2. The molecule has 0 unspecified atom stereocenters. The molecule has 19 heavy (non-hydrogen) atoms. The van der Waals surface area contributed by atoms with Crippen molar-refractivity contribution >= 4 is 5.69 Å². The number of hydrogen-bond donors (Lipinski definition) is 1. The summed E-state index contributed by atoms with van der Waals surface area (Å²) in [6.45, 7) is 14.8. The predicted molar refractivity (Wildman–Crippen MR) is 83.6 cm³/mol. The molecule has 2 nitrogen and oxygen atoms in total. The van der Waals surface area contributed by atoms with Crippen LogP contribution in [0.1, 0.15) is 40.2 Å². The lowest BCUT2D eigenvalue weighted by Gasteiger charge is -2.47. The van der Waals surface area contributed by atoms with Crippen molar-refractivity contribution in [2.24, 2.45) is 11.3 Å². The van der Waals surface area contributed by atoms with Gasteiger partial charge in [-0.1, -0.05) is 46.8 Å². The number of rotatable bonds is 4. The second kappa shape index (κ2) is 5.54. The molecular formula is C17H28N2. The molecule has 1 fully saturated rings. The van der Waals surface area contributed by atoms with E-state index in [1.165, 1.54) is 24.3 Å². The highest BCUT2D eigenvalue weighted by Crippen LogP contribution is 2.36. The van der Waals surface area contributed by atoms with Crippen LogP contribution in [0.2, 0.25) is 0 Å². The SMILES string of the molecule is CC(C)NCc1ccc(N2CC(C(C)(C)C)C2)cc1. The Balaban J connectivity index is 1.87. The Hall–Kier alpha value is -1.02. The van der Waals surface area contributed by atoms with Crippen LogP contribution in [0, 0.1) is 11.3 Å². The van der Waals surface area contributed by atoms with Crippen LogP contribution in [0.3, 0.4) is 0 Å². The Bertz CT molecular complexity index is 394. The van der Waals surface area contributed by atoms with Crippen LogP contribution in [0.25, 0.3) is 0 Å². The van der Waals surface area contributed by atoms with E-state index in [2.05, 4.69) is 69.1 Å². The minimum Gasteiger partial charge on any atom is -0.371 e. The molecule has 0 aliphatic carbocycles. The summed E-state index contributed by atoms with van der Waals surface area (Å²) < 4.78 is 0. The zero-order valence-electron chi connectivity index (χ0n) is 13.0. The average Bonchev–Trinajstić information content (AvgIpc) is 2.24. The van der Waals surface area contributed by atoms with Crippen LogP contribution in [0.15, 0.2) is 24.3 Å². The molecule has 1 heterocycles. The zero-order valence-corrected chi connectivity index (χ0v) is 13.0. The Morgan fingerprint density at radius 2 is 1.74 bits per heavy atom. The van der Waals surface area contributed by atoms with E-state index in [0.717, 1.165) is 12.5 Å². The minimum absolute atomic E-state index is 0.442. The molecule has 0 bridgehead atoms. The van der Waals surface area contributed by atoms with Crippen molar-refractivity contribution in [1.29, 1.82) is 0 Å². The Labute approximate surface area is 118 Å². The van der Waals surface area contributed by atoms with Gasteiger partial charge >= 0.3 is 0 Å². The first kappa shape index (κ1) is 14.4.